The van der Waals surface area contributed by atoms with Gasteiger partial charge in [0.1, 0.15) is 5.82 Å². The average Bonchev–Trinajstić information content (AvgIpc) is 2.73. The molecule has 0 amide bonds. The van der Waals surface area contributed by atoms with Crippen LogP contribution in [0, 0.1) is 6.92 Å². The van der Waals surface area contributed by atoms with Gasteiger partial charge in [0.05, 0.1) is 17.3 Å². The van der Waals surface area contributed by atoms with E-state index in [1.807, 2.05) is 6.20 Å². The highest BCUT2D eigenvalue weighted by atomic mass is 15.1. The van der Waals surface area contributed by atoms with Gasteiger partial charge < -0.3 is 10.1 Å². The van der Waals surface area contributed by atoms with Crippen LogP contribution >= 0.6 is 0 Å². The van der Waals surface area contributed by atoms with Crippen molar-refractivity contribution >= 4 is 5.52 Å². The Hall–Kier alpha value is -1.35. The molecule has 2 aromatic rings. The highest BCUT2D eigenvalue weighted by Crippen LogP contribution is 2.34. The first-order chi connectivity index (χ1) is 8.19. The van der Waals surface area contributed by atoms with Crippen molar-refractivity contribution in [2.75, 3.05) is 0 Å². The number of pyridine rings is 1. The van der Waals surface area contributed by atoms with E-state index in [2.05, 4.69) is 34.6 Å². The fourth-order valence-corrected chi connectivity index (χ4v) is 2.87. The van der Waals surface area contributed by atoms with E-state index in [0.29, 0.717) is 0 Å². The lowest BCUT2D eigenvalue weighted by molar-refractivity contribution is 0.286. The lowest BCUT2D eigenvalue weighted by atomic mass is 9.82. The lowest BCUT2D eigenvalue weighted by Crippen LogP contribution is -2.40. The summed E-state index contributed by atoms with van der Waals surface area (Å²) in [4.78, 5) is 4.57. The van der Waals surface area contributed by atoms with Crippen molar-refractivity contribution in [3.8, 4) is 0 Å². The largest absolute Gasteiger partial charge is 0.319 e. The molecular weight excluding hydrogens is 210 g/mol. The molecule has 2 aromatic heterocycles. The second-order valence-corrected chi connectivity index (χ2v) is 5.30. The Kier molecular flexibility index (Phi) is 2.44. The monoisotopic (exact) mass is 229 g/mol. The Morgan fingerprint density at radius 1 is 1.24 bits per heavy atom. The van der Waals surface area contributed by atoms with Crippen LogP contribution in [-0.2, 0) is 5.54 Å². The third-order valence-corrected chi connectivity index (χ3v) is 3.87. The topological polar surface area (TPSA) is 43.3 Å². The second-order valence-electron chi connectivity index (χ2n) is 5.30. The molecule has 1 fully saturated rings. The molecule has 0 bridgehead atoms. The zero-order chi connectivity index (χ0) is 11.9. The van der Waals surface area contributed by atoms with Crippen molar-refractivity contribution in [2.24, 2.45) is 5.73 Å². The maximum absolute atomic E-state index is 6.56. The molecule has 3 rings (SSSR count). The van der Waals surface area contributed by atoms with Gasteiger partial charge in [0, 0.05) is 6.20 Å². The van der Waals surface area contributed by atoms with Crippen molar-refractivity contribution in [1.82, 2.24) is 9.38 Å². The fourth-order valence-electron chi connectivity index (χ4n) is 2.87. The predicted molar refractivity (Wildman–Crippen MR) is 68.9 cm³/mol. The minimum atomic E-state index is -0.224. The quantitative estimate of drug-likeness (QED) is 0.817. The van der Waals surface area contributed by atoms with E-state index in [9.17, 15) is 0 Å². The Morgan fingerprint density at radius 2 is 2.00 bits per heavy atom. The minimum Gasteiger partial charge on any atom is -0.319 e. The number of imidazole rings is 1. The zero-order valence-corrected chi connectivity index (χ0v) is 10.3. The molecule has 3 nitrogen and oxygen atoms in total. The number of hydrogen-bond acceptors (Lipinski definition) is 2. The summed E-state index contributed by atoms with van der Waals surface area (Å²) in [7, 11) is 0. The van der Waals surface area contributed by atoms with Crippen LogP contribution in [0.25, 0.3) is 5.52 Å². The summed E-state index contributed by atoms with van der Waals surface area (Å²) in [5.41, 5.74) is 8.72. The summed E-state index contributed by atoms with van der Waals surface area (Å²) in [5, 5.41) is 0. The molecule has 0 spiro atoms. The molecule has 2 N–H and O–H groups in total. The van der Waals surface area contributed by atoms with Crippen LogP contribution in [-0.4, -0.2) is 9.38 Å². The molecule has 0 atom stereocenters. The summed E-state index contributed by atoms with van der Waals surface area (Å²) in [6.07, 6.45) is 9.93. The van der Waals surface area contributed by atoms with Gasteiger partial charge in [-0.05, 0) is 31.4 Å². The SMILES string of the molecule is Cc1ccc2cnc(C3(N)CCCCC3)n2c1. The number of rotatable bonds is 1. The predicted octanol–water partition coefficient (Wildman–Crippen LogP) is 2.76. The highest BCUT2D eigenvalue weighted by Gasteiger charge is 2.33. The maximum atomic E-state index is 6.56. The first kappa shape index (κ1) is 10.8. The molecule has 1 aliphatic carbocycles. The fraction of sp³-hybridized carbons (Fsp3) is 0.500. The lowest BCUT2D eigenvalue weighted by Gasteiger charge is -2.32. The minimum absolute atomic E-state index is 0.224. The van der Waals surface area contributed by atoms with Crippen molar-refractivity contribution < 1.29 is 0 Å². The van der Waals surface area contributed by atoms with E-state index in [0.717, 1.165) is 24.2 Å². The molecule has 1 aliphatic rings. The van der Waals surface area contributed by atoms with Gasteiger partial charge in [-0.3, -0.25) is 0 Å². The number of aryl methyl sites for hydroxylation is 1. The van der Waals surface area contributed by atoms with Crippen LogP contribution in [0.2, 0.25) is 0 Å². The van der Waals surface area contributed by atoms with Crippen molar-refractivity contribution in [3.05, 3.63) is 35.9 Å². The standard InChI is InChI=1S/C14H19N3/c1-11-5-6-12-9-16-13(17(12)10-11)14(15)7-3-2-4-8-14/h5-6,9-10H,2-4,7-8,15H2,1H3. The molecule has 0 aromatic carbocycles. The van der Waals surface area contributed by atoms with Crippen LogP contribution in [0.4, 0.5) is 0 Å². The van der Waals surface area contributed by atoms with Gasteiger partial charge in [0.25, 0.3) is 0 Å². The molecule has 90 valence electrons. The van der Waals surface area contributed by atoms with E-state index in [4.69, 9.17) is 5.73 Å². The normalized spacial score (nSPS) is 19.6. The molecular formula is C14H19N3. The van der Waals surface area contributed by atoms with E-state index in [-0.39, 0.29) is 5.54 Å². The Balaban J connectivity index is 2.13. The summed E-state index contributed by atoms with van der Waals surface area (Å²) in [6.45, 7) is 2.10. The first-order valence-electron chi connectivity index (χ1n) is 6.42. The second kappa shape index (κ2) is 3.84. The summed E-state index contributed by atoms with van der Waals surface area (Å²) >= 11 is 0. The number of nitrogens with two attached hydrogens (primary N) is 1. The number of nitrogens with zero attached hydrogens (tertiary/aromatic N) is 2. The van der Waals surface area contributed by atoms with Crippen LogP contribution in [0.15, 0.2) is 24.5 Å². The van der Waals surface area contributed by atoms with E-state index in [1.165, 1.54) is 24.8 Å². The van der Waals surface area contributed by atoms with Gasteiger partial charge >= 0.3 is 0 Å². The Bertz CT molecular complexity index is 535. The molecule has 0 aliphatic heterocycles. The molecule has 3 heteroatoms. The van der Waals surface area contributed by atoms with E-state index < -0.39 is 0 Å². The molecule has 0 radical (unpaired) electrons. The Morgan fingerprint density at radius 3 is 2.76 bits per heavy atom. The van der Waals surface area contributed by atoms with Crippen LogP contribution in [0.1, 0.15) is 43.5 Å². The zero-order valence-electron chi connectivity index (χ0n) is 10.3. The first-order valence-corrected chi connectivity index (χ1v) is 6.42. The smallest absolute Gasteiger partial charge is 0.133 e. The molecule has 17 heavy (non-hydrogen) atoms. The number of hydrogen-bond donors (Lipinski definition) is 1. The van der Waals surface area contributed by atoms with E-state index >= 15 is 0 Å². The molecule has 0 saturated heterocycles. The Labute approximate surface area is 102 Å². The molecule has 0 unspecified atom stereocenters. The van der Waals surface area contributed by atoms with Crippen LogP contribution < -0.4 is 5.73 Å². The maximum Gasteiger partial charge on any atom is 0.133 e. The number of fused-ring (bicyclic) bond motifs is 1. The van der Waals surface area contributed by atoms with Gasteiger partial charge in [-0.1, -0.05) is 25.3 Å². The van der Waals surface area contributed by atoms with E-state index in [1.54, 1.807) is 0 Å². The average molecular weight is 229 g/mol. The van der Waals surface area contributed by atoms with Crippen molar-refractivity contribution in [1.29, 1.82) is 0 Å². The third kappa shape index (κ3) is 1.75. The van der Waals surface area contributed by atoms with Gasteiger partial charge in [0.2, 0.25) is 0 Å². The highest BCUT2D eigenvalue weighted by molar-refractivity contribution is 5.47. The van der Waals surface area contributed by atoms with Gasteiger partial charge in [-0.25, -0.2) is 4.98 Å². The molecule has 1 saturated carbocycles. The third-order valence-electron chi connectivity index (χ3n) is 3.87. The summed E-state index contributed by atoms with van der Waals surface area (Å²) < 4.78 is 2.17. The van der Waals surface area contributed by atoms with Crippen molar-refractivity contribution in [3.63, 3.8) is 0 Å². The molecule has 2 heterocycles. The van der Waals surface area contributed by atoms with Crippen LogP contribution in [0.3, 0.4) is 0 Å². The van der Waals surface area contributed by atoms with Gasteiger partial charge in [-0.2, -0.15) is 0 Å². The summed E-state index contributed by atoms with van der Waals surface area (Å²) in [6, 6.07) is 4.23. The van der Waals surface area contributed by atoms with Gasteiger partial charge in [0.15, 0.2) is 0 Å². The van der Waals surface area contributed by atoms with Crippen molar-refractivity contribution in [2.45, 2.75) is 44.6 Å². The van der Waals surface area contributed by atoms with Crippen LogP contribution in [0.5, 0.6) is 0 Å². The summed E-state index contributed by atoms with van der Waals surface area (Å²) in [5.74, 6) is 1.04. The van der Waals surface area contributed by atoms with Gasteiger partial charge in [-0.15, -0.1) is 0 Å². The number of aromatic nitrogens is 2.